The van der Waals surface area contributed by atoms with Crippen molar-refractivity contribution in [3.05, 3.63) is 52.9 Å². The quantitative estimate of drug-likeness (QED) is 0.918. The van der Waals surface area contributed by atoms with Crippen molar-refractivity contribution in [3.63, 3.8) is 0 Å². The summed E-state index contributed by atoms with van der Waals surface area (Å²) in [5, 5.41) is 2.69. The fourth-order valence-corrected chi connectivity index (χ4v) is 1.50. The van der Waals surface area contributed by atoms with Gasteiger partial charge in [-0.05, 0) is 24.3 Å². The molecule has 0 saturated heterocycles. The number of hydrogen-bond acceptors (Lipinski definition) is 3. The molecule has 80 valence electrons. The third-order valence-electron chi connectivity index (χ3n) is 1.91. The van der Waals surface area contributed by atoms with Gasteiger partial charge in [-0.2, -0.15) is 0 Å². The van der Waals surface area contributed by atoms with Crippen LogP contribution in [0.5, 0.6) is 0 Å². The number of aromatic nitrogens is 2. The topological polar surface area (TPSA) is 54.9 Å². The van der Waals surface area contributed by atoms with Gasteiger partial charge in [0.25, 0.3) is 5.91 Å². The zero-order valence-electron chi connectivity index (χ0n) is 8.22. The fourth-order valence-electron chi connectivity index (χ4n) is 1.16. The van der Waals surface area contributed by atoms with Crippen molar-refractivity contribution >= 4 is 27.7 Å². The molecule has 2 rings (SSSR count). The molecule has 0 aliphatic heterocycles. The highest BCUT2D eigenvalue weighted by Crippen LogP contribution is 2.13. The monoisotopic (exact) mass is 277 g/mol. The first kappa shape index (κ1) is 10.8. The molecule has 4 nitrogen and oxygen atoms in total. The maximum Gasteiger partial charge on any atom is 0.256 e. The van der Waals surface area contributed by atoms with E-state index >= 15 is 0 Å². The minimum Gasteiger partial charge on any atom is -0.307 e. The lowest BCUT2D eigenvalue weighted by atomic mass is 10.2. The van der Waals surface area contributed by atoms with E-state index in [0.29, 0.717) is 11.4 Å². The van der Waals surface area contributed by atoms with E-state index < -0.39 is 0 Å². The molecule has 0 aromatic carbocycles. The average Bonchev–Trinajstić information content (AvgIpc) is 2.30. The third kappa shape index (κ3) is 2.64. The van der Waals surface area contributed by atoms with Crippen LogP contribution in [-0.2, 0) is 0 Å². The van der Waals surface area contributed by atoms with Crippen LogP contribution in [0.15, 0.2) is 47.3 Å². The Morgan fingerprint density at radius 1 is 1.19 bits per heavy atom. The van der Waals surface area contributed by atoms with Gasteiger partial charge in [-0.3, -0.25) is 9.78 Å². The summed E-state index contributed by atoms with van der Waals surface area (Å²) in [6.07, 6.45) is 4.76. The zero-order valence-corrected chi connectivity index (χ0v) is 9.81. The first-order valence-corrected chi connectivity index (χ1v) is 5.38. The standard InChI is InChI=1S/C11H8BrN3O/c12-9-3-6-14-10(7-9)15-11(16)8-1-4-13-5-2-8/h1-7H,(H,14,15,16). The second-order valence-electron chi connectivity index (χ2n) is 3.05. The Balaban J connectivity index is 2.14. The molecule has 0 radical (unpaired) electrons. The first-order chi connectivity index (χ1) is 7.75. The normalized spacial score (nSPS) is 9.81. The molecular formula is C11H8BrN3O. The van der Waals surface area contributed by atoms with Crippen molar-refractivity contribution in [2.45, 2.75) is 0 Å². The maximum atomic E-state index is 11.7. The molecule has 1 N–H and O–H groups in total. The molecule has 2 heterocycles. The Labute approximate surface area is 101 Å². The smallest absolute Gasteiger partial charge is 0.256 e. The second kappa shape index (κ2) is 4.85. The van der Waals surface area contributed by atoms with E-state index in [0.717, 1.165) is 4.47 Å². The summed E-state index contributed by atoms with van der Waals surface area (Å²) in [6, 6.07) is 6.82. The molecular weight excluding hydrogens is 270 g/mol. The number of rotatable bonds is 2. The summed E-state index contributed by atoms with van der Waals surface area (Å²) in [4.78, 5) is 19.6. The number of hydrogen-bond donors (Lipinski definition) is 1. The predicted octanol–water partition coefficient (Wildman–Crippen LogP) is 2.49. The van der Waals surface area contributed by atoms with E-state index in [1.54, 1.807) is 42.9 Å². The molecule has 1 amide bonds. The summed E-state index contributed by atoms with van der Waals surface area (Å²) < 4.78 is 0.868. The Morgan fingerprint density at radius 3 is 2.62 bits per heavy atom. The molecule has 0 atom stereocenters. The van der Waals surface area contributed by atoms with Gasteiger partial charge in [0.2, 0.25) is 0 Å². The lowest BCUT2D eigenvalue weighted by Crippen LogP contribution is -2.12. The van der Waals surface area contributed by atoms with Gasteiger partial charge < -0.3 is 5.32 Å². The van der Waals surface area contributed by atoms with Crippen LogP contribution in [0.4, 0.5) is 5.82 Å². The van der Waals surface area contributed by atoms with Gasteiger partial charge in [-0.1, -0.05) is 15.9 Å². The van der Waals surface area contributed by atoms with E-state index in [4.69, 9.17) is 0 Å². The van der Waals surface area contributed by atoms with Gasteiger partial charge in [0.05, 0.1) is 0 Å². The number of halogens is 1. The Hall–Kier alpha value is -1.75. The molecule has 0 aliphatic rings. The van der Waals surface area contributed by atoms with E-state index in [9.17, 15) is 4.79 Å². The Kier molecular flexibility index (Phi) is 3.26. The third-order valence-corrected chi connectivity index (χ3v) is 2.40. The lowest BCUT2D eigenvalue weighted by molar-refractivity contribution is 0.102. The van der Waals surface area contributed by atoms with Crippen molar-refractivity contribution < 1.29 is 4.79 Å². The largest absolute Gasteiger partial charge is 0.307 e. The van der Waals surface area contributed by atoms with Crippen LogP contribution in [0.25, 0.3) is 0 Å². The number of carbonyl (C=O) groups excluding carboxylic acids is 1. The Bertz CT molecular complexity index is 502. The van der Waals surface area contributed by atoms with Crippen molar-refractivity contribution in [1.29, 1.82) is 0 Å². The highest BCUT2D eigenvalue weighted by atomic mass is 79.9. The van der Waals surface area contributed by atoms with Gasteiger partial charge in [-0.15, -0.1) is 0 Å². The fraction of sp³-hybridized carbons (Fsp3) is 0. The molecule has 16 heavy (non-hydrogen) atoms. The van der Waals surface area contributed by atoms with Crippen molar-refractivity contribution in [3.8, 4) is 0 Å². The molecule has 0 aliphatic carbocycles. The van der Waals surface area contributed by atoms with Crippen molar-refractivity contribution in [2.24, 2.45) is 0 Å². The summed E-state index contributed by atoms with van der Waals surface area (Å²) >= 11 is 3.31. The van der Waals surface area contributed by atoms with E-state index in [1.807, 2.05) is 0 Å². The Morgan fingerprint density at radius 2 is 1.94 bits per heavy atom. The van der Waals surface area contributed by atoms with Gasteiger partial charge in [0.1, 0.15) is 5.82 Å². The molecule has 2 aromatic heterocycles. The molecule has 0 spiro atoms. The number of amides is 1. The minimum absolute atomic E-state index is 0.201. The SMILES string of the molecule is O=C(Nc1cc(Br)ccn1)c1ccncc1. The van der Waals surface area contributed by atoms with Gasteiger partial charge >= 0.3 is 0 Å². The van der Waals surface area contributed by atoms with Crippen LogP contribution in [0.2, 0.25) is 0 Å². The second-order valence-corrected chi connectivity index (χ2v) is 3.96. The number of nitrogens with zero attached hydrogens (tertiary/aromatic N) is 2. The first-order valence-electron chi connectivity index (χ1n) is 4.58. The molecule has 0 saturated carbocycles. The van der Waals surface area contributed by atoms with Gasteiger partial charge in [0.15, 0.2) is 0 Å². The summed E-state index contributed by atoms with van der Waals surface area (Å²) in [5.74, 6) is 0.309. The van der Waals surface area contributed by atoms with E-state index in [1.165, 1.54) is 0 Å². The van der Waals surface area contributed by atoms with Crippen LogP contribution in [0.3, 0.4) is 0 Å². The maximum absolute atomic E-state index is 11.7. The highest BCUT2D eigenvalue weighted by Gasteiger charge is 2.05. The van der Waals surface area contributed by atoms with E-state index in [2.05, 4.69) is 31.2 Å². The highest BCUT2D eigenvalue weighted by molar-refractivity contribution is 9.10. The summed E-state index contributed by atoms with van der Waals surface area (Å²) in [6.45, 7) is 0. The molecule has 2 aromatic rings. The van der Waals surface area contributed by atoms with Gasteiger partial charge in [-0.25, -0.2) is 4.98 Å². The molecule has 0 unspecified atom stereocenters. The van der Waals surface area contributed by atoms with Crippen molar-refractivity contribution in [2.75, 3.05) is 5.32 Å². The van der Waals surface area contributed by atoms with Crippen LogP contribution in [-0.4, -0.2) is 15.9 Å². The van der Waals surface area contributed by atoms with Crippen molar-refractivity contribution in [1.82, 2.24) is 9.97 Å². The molecule has 5 heteroatoms. The number of carbonyl (C=O) groups is 1. The summed E-state index contributed by atoms with van der Waals surface area (Å²) in [7, 11) is 0. The van der Waals surface area contributed by atoms with Gasteiger partial charge in [0, 0.05) is 28.6 Å². The predicted molar refractivity (Wildman–Crippen MR) is 64.1 cm³/mol. The van der Waals surface area contributed by atoms with Crippen LogP contribution in [0.1, 0.15) is 10.4 Å². The lowest BCUT2D eigenvalue weighted by Gasteiger charge is -2.03. The average molecular weight is 278 g/mol. The van der Waals surface area contributed by atoms with E-state index in [-0.39, 0.29) is 5.91 Å². The number of anilines is 1. The zero-order chi connectivity index (χ0) is 11.4. The molecule has 0 fully saturated rings. The van der Waals surface area contributed by atoms with Crippen LogP contribution < -0.4 is 5.32 Å². The minimum atomic E-state index is -0.201. The molecule has 0 bridgehead atoms. The van der Waals surface area contributed by atoms with Crippen LogP contribution in [0, 0.1) is 0 Å². The summed E-state index contributed by atoms with van der Waals surface area (Å²) in [5.41, 5.74) is 0.553. The number of pyridine rings is 2. The van der Waals surface area contributed by atoms with Crippen LogP contribution >= 0.6 is 15.9 Å². The number of nitrogens with one attached hydrogen (secondary N) is 1.